The van der Waals surface area contributed by atoms with Crippen LogP contribution in [-0.4, -0.2) is 53.6 Å². The molecule has 0 spiro atoms. The number of rotatable bonds is 6. The average molecular weight is 321 g/mol. The summed E-state index contributed by atoms with van der Waals surface area (Å²) < 4.78 is 8.63. The van der Waals surface area contributed by atoms with Gasteiger partial charge in [-0.05, 0) is 6.42 Å². The fraction of sp³-hybridized carbons (Fsp3) is 0.667. The van der Waals surface area contributed by atoms with Gasteiger partial charge in [-0.1, -0.05) is 0 Å². The lowest BCUT2D eigenvalue weighted by Gasteiger charge is -1.99. The molecule has 0 aliphatic carbocycles. The van der Waals surface area contributed by atoms with Crippen LogP contribution in [0.1, 0.15) is 12.8 Å². The van der Waals surface area contributed by atoms with E-state index in [1.54, 1.807) is 0 Å². The van der Waals surface area contributed by atoms with E-state index < -0.39 is 10.9 Å². The Morgan fingerprint density at radius 3 is 1.37 bits per heavy atom. The SMILES string of the molecule is O=C(Cl)OCCCOC(=O)Cl.O=C=O.OCCCO. The third-order valence-corrected chi connectivity index (χ3v) is 1.25. The Morgan fingerprint density at radius 1 is 0.895 bits per heavy atom. The second-order valence-electron chi connectivity index (χ2n) is 2.41. The van der Waals surface area contributed by atoms with Crippen molar-refractivity contribution in [1.82, 2.24) is 0 Å². The quantitative estimate of drug-likeness (QED) is 0.546. The molecule has 0 aromatic carbocycles. The van der Waals surface area contributed by atoms with E-state index in [1.165, 1.54) is 0 Å². The van der Waals surface area contributed by atoms with Crippen molar-refractivity contribution >= 4 is 40.2 Å². The number of halogens is 2. The van der Waals surface area contributed by atoms with Gasteiger partial charge in [-0.25, -0.2) is 9.59 Å². The first-order valence-electron chi connectivity index (χ1n) is 4.81. The fourth-order valence-electron chi connectivity index (χ4n) is 0.434. The van der Waals surface area contributed by atoms with Gasteiger partial charge in [-0.15, -0.1) is 0 Å². The zero-order valence-electron chi connectivity index (χ0n) is 9.84. The van der Waals surface area contributed by atoms with Gasteiger partial charge in [0.15, 0.2) is 0 Å². The Kier molecular flexibility index (Phi) is 26.6. The van der Waals surface area contributed by atoms with Crippen molar-refractivity contribution in [3.63, 3.8) is 0 Å². The van der Waals surface area contributed by atoms with E-state index >= 15 is 0 Å². The molecule has 19 heavy (non-hydrogen) atoms. The number of carbonyl (C=O) groups is 2. The fourth-order valence-corrected chi connectivity index (χ4v) is 0.589. The Labute approximate surface area is 119 Å². The standard InChI is InChI=1S/C5H6Cl2O4.C3H8O2.CO2/c6-4(8)10-2-1-3-11-5(7)9;4-2-1-3-5;2-1-3/h1-3H2;4-5H,1-3H2;. The highest BCUT2D eigenvalue weighted by molar-refractivity contribution is 6.61. The van der Waals surface area contributed by atoms with Crippen molar-refractivity contribution in [3.05, 3.63) is 0 Å². The van der Waals surface area contributed by atoms with Gasteiger partial charge in [0.05, 0.1) is 13.2 Å². The maximum absolute atomic E-state index is 9.95. The Balaban J connectivity index is -0.000000266. The summed E-state index contributed by atoms with van der Waals surface area (Å²) in [5.74, 6) is 0. The molecule has 0 saturated carbocycles. The van der Waals surface area contributed by atoms with Crippen LogP contribution in [0.2, 0.25) is 0 Å². The van der Waals surface area contributed by atoms with Gasteiger partial charge < -0.3 is 19.7 Å². The van der Waals surface area contributed by atoms with Gasteiger partial charge in [-0.2, -0.15) is 9.59 Å². The summed E-state index contributed by atoms with van der Waals surface area (Å²) >= 11 is 9.65. The molecule has 0 fully saturated rings. The summed E-state index contributed by atoms with van der Waals surface area (Å²) in [5, 5.41) is 15.8. The van der Waals surface area contributed by atoms with Crippen LogP contribution in [0.4, 0.5) is 9.59 Å². The number of aliphatic hydroxyl groups is 2. The molecule has 0 atom stereocenters. The van der Waals surface area contributed by atoms with Crippen LogP contribution in [0.3, 0.4) is 0 Å². The molecule has 0 rings (SSSR count). The number of carbonyl (C=O) groups excluding carboxylic acids is 4. The van der Waals surface area contributed by atoms with Gasteiger partial charge in [0, 0.05) is 42.8 Å². The minimum Gasteiger partial charge on any atom is -0.454 e. The van der Waals surface area contributed by atoms with E-state index in [0.717, 1.165) is 0 Å². The summed E-state index contributed by atoms with van der Waals surface area (Å²) in [6, 6.07) is 0. The zero-order valence-corrected chi connectivity index (χ0v) is 11.4. The second-order valence-corrected chi connectivity index (χ2v) is 3.03. The van der Waals surface area contributed by atoms with Crippen molar-refractivity contribution in [2.45, 2.75) is 12.8 Å². The lowest BCUT2D eigenvalue weighted by Crippen LogP contribution is -2.02. The number of aliphatic hydroxyl groups excluding tert-OH is 2. The van der Waals surface area contributed by atoms with Gasteiger partial charge >= 0.3 is 17.0 Å². The van der Waals surface area contributed by atoms with Gasteiger partial charge in [0.2, 0.25) is 0 Å². The van der Waals surface area contributed by atoms with Crippen molar-refractivity contribution < 1.29 is 38.9 Å². The van der Waals surface area contributed by atoms with E-state index in [2.05, 4.69) is 9.47 Å². The Bertz CT molecular complexity index is 235. The molecular formula is C9H14Cl2O8. The highest BCUT2D eigenvalue weighted by Gasteiger charge is 1.97. The topological polar surface area (TPSA) is 127 Å². The minimum atomic E-state index is -0.873. The average Bonchev–Trinajstić information content (AvgIpc) is 2.30. The summed E-state index contributed by atoms with van der Waals surface area (Å²) in [6.07, 6.45) is 1.14. The van der Waals surface area contributed by atoms with Gasteiger partial charge in [-0.3, -0.25) is 0 Å². The maximum atomic E-state index is 9.95. The molecule has 0 heterocycles. The molecule has 0 bridgehead atoms. The van der Waals surface area contributed by atoms with Crippen molar-refractivity contribution in [3.8, 4) is 0 Å². The van der Waals surface area contributed by atoms with E-state index in [4.69, 9.17) is 43.0 Å². The molecular weight excluding hydrogens is 307 g/mol. The molecule has 8 nitrogen and oxygen atoms in total. The van der Waals surface area contributed by atoms with Crippen molar-refractivity contribution in [2.75, 3.05) is 26.4 Å². The summed E-state index contributed by atoms with van der Waals surface area (Å²) in [6.45, 7) is 0.423. The minimum absolute atomic E-state index is 0.0938. The number of hydrogen-bond donors (Lipinski definition) is 2. The maximum Gasteiger partial charge on any atom is 0.403 e. The smallest absolute Gasteiger partial charge is 0.403 e. The molecule has 0 radical (unpaired) electrons. The molecule has 0 aromatic rings. The van der Waals surface area contributed by atoms with Crippen LogP contribution in [-0.2, 0) is 19.1 Å². The summed E-state index contributed by atoms with van der Waals surface area (Å²) in [7, 11) is 0. The zero-order chi connectivity index (χ0) is 15.5. The first kappa shape index (κ1) is 23.0. The third-order valence-electron chi connectivity index (χ3n) is 1.04. The molecule has 0 unspecified atom stereocenters. The van der Waals surface area contributed by atoms with Crippen LogP contribution in [0, 0.1) is 0 Å². The first-order chi connectivity index (χ1) is 8.95. The van der Waals surface area contributed by atoms with Crippen LogP contribution in [0.15, 0.2) is 0 Å². The molecule has 0 aromatic heterocycles. The Morgan fingerprint density at radius 2 is 1.21 bits per heavy atom. The van der Waals surface area contributed by atoms with Crippen LogP contribution in [0.5, 0.6) is 0 Å². The highest BCUT2D eigenvalue weighted by atomic mass is 35.5. The molecule has 112 valence electrons. The lowest BCUT2D eigenvalue weighted by atomic mass is 10.5. The number of hydrogen-bond acceptors (Lipinski definition) is 8. The lowest BCUT2D eigenvalue weighted by molar-refractivity contribution is -0.191. The molecule has 0 saturated heterocycles. The highest BCUT2D eigenvalue weighted by Crippen LogP contribution is 1.92. The monoisotopic (exact) mass is 320 g/mol. The van der Waals surface area contributed by atoms with Gasteiger partial charge in [0.1, 0.15) is 0 Å². The Hall–Kier alpha value is -1.18. The predicted octanol–water partition coefficient (Wildman–Crippen LogP) is 0.905. The molecule has 10 heteroatoms. The molecule has 0 amide bonds. The largest absolute Gasteiger partial charge is 0.454 e. The molecule has 0 aliphatic heterocycles. The number of ether oxygens (including phenoxy) is 2. The van der Waals surface area contributed by atoms with E-state index in [0.29, 0.717) is 12.8 Å². The van der Waals surface area contributed by atoms with Crippen LogP contribution < -0.4 is 0 Å². The van der Waals surface area contributed by atoms with Crippen LogP contribution in [0.25, 0.3) is 0 Å². The predicted molar refractivity (Wildman–Crippen MR) is 62.8 cm³/mol. The first-order valence-corrected chi connectivity index (χ1v) is 5.57. The normalized spacial score (nSPS) is 7.79. The van der Waals surface area contributed by atoms with E-state index in [1.807, 2.05) is 0 Å². The van der Waals surface area contributed by atoms with E-state index in [-0.39, 0.29) is 32.6 Å². The van der Waals surface area contributed by atoms with Crippen molar-refractivity contribution in [1.29, 1.82) is 0 Å². The van der Waals surface area contributed by atoms with E-state index in [9.17, 15) is 9.59 Å². The molecule has 2 N–H and O–H groups in total. The summed E-state index contributed by atoms with van der Waals surface area (Å²) in [4.78, 5) is 36.2. The summed E-state index contributed by atoms with van der Waals surface area (Å²) in [5.41, 5.74) is -1.75. The third kappa shape index (κ3) is 47.5. The van der Waals surface area contributed by atoms with Crippen LogP contribution >= 0.6 is 23.2 Å². The second kappa shape index (κ2) is 22.0. The molecule has 0 aliphatic rings. The van der Waals surface area contributed by atoms with Crippen molar-refractivity contribution in [2.24, 2.45) is 0 Å². The van der Waals surface area contributed by atoms with Gasteiger partial charge in [0.25, 0.3) is 0 Å².